The number of benzene rings is 2. The first kappa shape index (κ1) is 14.6. The minimum Gasteiger partial charge on any atom is -0.366 e. The Kier molecular flexibility index (Phi) is 3.68. The van der Waals surface area contributed by atoms with E-state index in [1.165, 1.54) is 0 Å². The van der Waals surface area contributed by atoms with E-state index < -0.39 is 11.8 Å². The number of nitrogens with two attached hydrogens (primary N) is 1. The average molecular weight is 307 g/mol. The van der Waals surface area contributed by atoms with Gasteiger partial charge in [0.05, 0.1) is 16.8 Å². The Morgan fingerprint density at radius 2 is 1.74 bits per heavy atom. The van der Waals surface area contributed by atoms with Crippen molar-refractivity contribution in [2.45, 2.75) is 6.92 Å². The molecule has 3 N–H and O–H groups in total. The van der Waals surface area contributed by atoms with E-state index in [1.807, 2.05) is 6.07 Å². The predicted molar refractivity (Wildman–Crippen MR) is 85.0 cm³/mol. The Bertz CT molecular complexity index is 923. The van der Waals surface area contributed by atoms with Gasteiger partial charge in [-0.3, -0.25) is 9.59 Å². The number of primary amides is 1. The van der Waals surface area contributed by atoms with Crippen LogP contribution in [0.1, 0.15) is 26.5 Å². The predicted octanol–water partition coefficient (Wildman–Crippen LogP) is 1.68. The second-order valence-corrected chi connectivity index (χ2v) is 4.94. The summed E-state index contributed by atoms with van der Waals surface area (Å²) in [5, 5.41) is 10.4. The highest BCUT2D eigenvalue weighted by atomic mass is 16.2. The Morgan fingerprint density at radius 1 is 1.00 bits per heavy atom. The van der Waals surface area contributed by atoms with Gasteiger partial charge in [-0.2, -0.15) is 0 Å². The average Bonchev–Trinajstić information content (AvgIpc) is 2.54. The fourth-order valence-corrected chi connectivity index (χ4v) is 2.25. The zero-order valence-corrected chi connectivity index (χ0v) is 12.3. The molecule has 0 aliphatic heterocycles. The van der Waals surface area contributed by atoms with Crippen LogP contribution >= 0.6 is 0 Å². The van der Waals surface area contributed by atoms with E-state index in [2.05, 4.69) is 20.5 Å². The molecule has 1 aromatic heterocycles. The number of carbonyl (C=O) groups excluding carboxylic acids is 2. The van der Waals surface area contributed by atoms with E-state index in [0.717, 1.165) is 0 Å². The van der Waals surface area contributed by atoms with Crippen LogP contribution < -0.4 is 11.1 Å². The van der Waals surface area contributed by atoms with Gasteiger partial charge in [-0.1, -0.05) is 24.3 Å². The largest absolute Gasteiger partial charge is 0.366 e. The third-order valence-electron chi connectivity index (χ3n) is 3.33. The van der Waals surface area contributed by atoms with Crippen LogP contribution in [0, 0.1) is 6.92 Å². The van der Waals surface area contributed by atoms with Crippen LogP contribution in [0.25, 0.3) is 11.0 Å². The molecule has 0 fully saturated rings. The molecule has 0 radical (unpaired) electrons. The molecule has 7 heteroatoms. The van der Waals surface area contributed by atoms with Crippen molar-refractivity contribution in [3.05, 3.63) is 59.4 Å². The first-order valence-corrected chi connectivity index (χ1v) is 6.86. The van der Waals surface area contributed by atoms with Crippen molar-refractivity contribution in [1.29, 1.82) is 0 Å². The van der Waals surface area contributed by atoms with Crippen molar-refractivity contribution in [3.8, 4) is 0 Å². The first-order chi connectivity index (χ1) is 11.1. The summed E-state index contributed by atoms with van der Waals surface area (Å²) in [4.78, 5) is 28.0. The lowest BCUT2D eigenvalue weighted by molar-refractivity contribution is 0.100. The van der Waals surface area contributed by atoms with Gasteiger partial charge in [-0.15, -0.1) is 10.2 Å². The van der Waals surface area contributed by atoms with Crippen LogP contribution in [0.3, 0.4) is 0 Å². The van der Waals surface area contributed by atoms with Crippen molar-refractivity contribution in [3.63, 3.8) is 0 Å². The zero-order valence-electron chi connectivity index (χ0n) is 12.3. The fourth-order valence-electron chi connectivity index (χ4n) is 2.25. The van der Waals surface area contributed by atoms with Crippen LogP contribution in [-0.4, -0.2) is 27.0 Å². The second kappa shape index (κ2) is 5.80. The van der Waals surface area contributed by atoms with Crippen molar-refractivity contribution < 1.29 is 9.59 Å². The third-order valence-corrected chi connectivity index (χ3v) is 3.33. The van der Waals surface area contributed by atoms with Crippen LogP contribution in [0.4, 0.5) is 5.69 Å². The molecule has 2 aromatic carbocycles. The molecule has 0 saturated heterocycles. The molecule has 3 aromatic rings. The highest BCUT2D eigenvalue weighted by Crippen LogP contribution is 2.19. The molecule has 3 rings (SSSR count). The summed E-state index contributed by atoms with van der Waals surface area (Å²) < 4.78 is 0. The van der Waals surface area contributed by atoms with Gasteiger partial charge in [-0.25, -0.2) is 4.98 Å². The van der Waals surface area contributed by atoms with Gasteiger partial charge in [-0.05, 0) is 30.7 Å². The number of anilines is 1. The Labute approximate surface area is 131 Å². The second-order valence-electron chi connectivity index (χ2n) is 4.94. The van der Waals surface area contributed by atoms with E-state index in [1.54, 1.807) is 43.3 Å². The number of nitrogens with zero attached hydrogens (tertiary/aromatic N) is 3. The van der Waals surface area contributed by atoms with Crippen LogP contribution in [0.15, 0.2) is 42.5 Å². The number of aromatic nitrogens is 3. The summed E-state index contributed by atoms with van der Waals surface area (Å²) in [5.41, 5.74) is 7.78. The van der Waals surface area contributed by atoms with Crippen LogP contribution in [0.5, 0.6) is 0 Å². The van der Waals surface area contributed by atoms with Crippen molar-refractivity contribution >= 4 is 28.5 Å². The summed E-state index contributed by atoms with van der Waals surface area (Å²) in [6.45, 7) is 1.74. The molecule has 23 heavy (non-hydrogen) atoms. The summed E-state index contributed by atoms with van der Waals surface area (Å²) in [7, 11) is 0. The molecule has 1 heterocycles. The Hall–Kier alpha value is -3.35. The maximum absolute atomic E-state index is 12.3. The molecule has 7 nitrogen and oxygen atoms in total. The van der Waals surface area contributed by atoms with Crippen LogP contribution in [-0.2, 0) is 0 Å². The minimum atomic E-state index is -0.615. The number of rotatable bonds is 3. The normalized spacial score (nSPS) is 10.5. The van der Waals surface area contributed by atoms with Gasteiger partial charge in [0.1, 0.15) is 5.52 Å². The lowest BCUT2D eigenvalue weighted by Gasteiger charge is -2.10. The number of hydrogen-bond donors (Lipinski definition) is 2. The highest BCUT2D eigenvalue weighted by Gasteiger charge is 2.16. The number of amides is 2. The zero-order chi connectivity index (χ0) is 16.4. The molecule has 0 bridgehead atoms. The van der Waals surface area contributed by atoms with E-state index in [4.69, 9.17) is 5.73 Å². The maximum Gasteiger partial charge on any atom is 0.295 e. The summed E-state index contributed by atoms with van der Waals surface area (Å²) in [6.07, 6.45) is 0. The van der Waals surface area contributed by atoms with Gasteiger partial charge in [0.2, 0.25) is 5.82 Å². The standard InChI is InChI=1S/C16H13N5O2/c1-9-5-4-8-12(13(9)14(17)22)19-16(23)15-18-10-6-2-3-7-11(10)20-21-15/h2-8H,1H3,(H2,17,22)(H,19,23). The quantitative estimate of drug-likeness (QED) is 0.764. The smallest absolute Gasteiger partial charge is 0.295 e. The number of hydrogen-bond acceptors (Lipinski definition) is 5. The van der Waals surface area contributed by atoms with Gasteiger partial charge < -0.3 is 11.1 Å². The van der Waals surface area contributed by atoms with Crippen molar-refractivity contribution in [2.75, 3.05) is 5.32 Å². The fraction of sp³-hybridized carbons (Fsp3) is 0.0625. The Balaban J connectivity index is 1.95. The molecule has 0 unspecified atom stereocenters. The number of aryl methyl sites for hydroxylation is 1. The van der Waals surface area contributed by atoms with Gasteiger partial charge in [0, 0.05) is 0 Å². The van der Waals surface area contributed by atoms with E-state index in [-0.39, 0.29) is 11.4 Å². The first-order valence-electron chi connectivity index (χ1n) is 6.86. The van der Waals surface area contributed by atoms with Crippen LogP contribution in [0.2, 0.25) is 0 Å². The van der Waals surface area contributed by atoms with E-state index in [9.17, 15) is 9.59 Å². The summed E-state index contributed by atoms with van der Waals surface area (Å²) in [5.74, 6) is -1.26. The van der Waals surface area contributed by atoms with Crippen molar-refractivity contribution in [2.24, 2.45) is 5.73 Å². The monoisotopic (exact) mass is 307 g/mol. The number of fused-ring (bicyclic) bond motifs is 1. The molecule has 0 aliphatic carbocycles. The molecular formula is C16H13N5O2. The van der Waals surface area contributed by atoms with Gasteiger partial charge in [0.15, 0.2) is 0 Å². The minimum absolute atomic E-state index is 0.0828. The number of para-hydroxylation sites is 1. The lowest BCUT2D eigenvalue weighted by Crippen LogP contribution is -2.21. The summed E-state index contributed by atoms with van der Waals surface area (Å²) in [6, 6.07) is 12.2. The topological polar surface area (TPSA) is 111 Å². The molecule has 2 amide bonds. The highest BCUT2D eigenvalue weighted by molar-refractivity contribution is 6.08. The molecular weight excluding hydrogens is 294 g/mol. The maximum atomic E-state index is 12.3. The summed E-state index contributed by atoms with van der Waals surface area (Å²) >= 11 is 0. The van der Waals surface area contributed by atoms with E-state index >= 15 is 0 Å². The molecule has 0 saturated carbocycles. The van der Waals surface area contributed by atoms with Crippen molar-refractivity contribution in [1.82, 2.24) is 15.2 Å². The molecule has 114 valence electrons. The molecule has 0 aliphatic rings. The van der Waals surface area contributed by atoms with E-state index in [0.29, 0.717) is 22.3 Å². The lowest BCUT2D eigenvalue weighted by atomic mass is 10.1. The third kappa shape index (κ3) is 2.84. The number of nitrogens with one attached hydrogen (secondary N) is 1. The SMILES string of the molecule is Cc1cccc(NC(=O)c2nnc3ccccc3n2)c1C(N)=O. The Morgan fingerprint density at radius 3 is 2.48 bits per heavy atom. The number of carbonyl (C=O) groups is 2. The molecule has 0 spiro atoms. The molecule has 0 atom stereocenters. The van der Waals surface area contributed by atoms with Gasteiger partial charge >= 0.3 is 0 Å². The van der Waals surface area contributed by atoms with Gasteiger partial charge in [0.25, 0.3) is 11.8 Å².